The summed E-state index contributed by atoms with van der Waals surface area (Å²) in [6.45, 7) is 1.76. The van der Waals surface area contributed by atoms with Crippen molar-refractivity contribution in [2.45, 2.75) is 13.0 Å². The van der Waals surface area contributed by atoms with Crippen LogP contribution in [0.25, 0.3) is 11.4 Å². The fourth-order valence-electron chi connectivity index (χ4n) is 1.77. The predicted octanol–water partition coefficient (Wildman–Crippen LogP) is 1.85. The van der Waals surface area contributed by atoms with Crippen LogP contribution in [0.5, 0.6) is 0 Å². The summed E-state index contributed by atoms with van der Waals surface area (Å²) in [5.74, 6) is 0.751. The quantitative estimate of drug-likeness (QED) is 0.531. The molecule has 0 aromatic carbocycles. The van der Waals surface area contributed by atoms with E-state index >= 15 is 0 Å². The Balaban J connectivity index is 1.87. The van der Waals surface area contributed by atoms with Gasteiger partial charge < -0.3 is 4.52 Å². The Morgan fingerprint density at radius 1 is 1.38 bits per heavy atom. The van der Waals surface area contributed by atoms with Gasteiger partial charge in [0.25, 0.3) is 5.89 Å². The maximum atomic E-state index is 10.7. The van der Waals surface area contributed by atoms with Crippen molar-refractivity contribution in [3.8, 4) is 11.4 Å². The number of nitrogens with zero attached hydrogens (tertiary/aromatic N) is 6. The van der Waals surface area contributed by atoms with Gasteiger partial charge >= 0.3 is 5.69 Å². The van der Waals surface area contributed by atoms with Gasteiger partial charge in [0.1, 0.15) is 18.4 Å². The van der Waals surface area contributed by atoms with Crippen LogP contribution in [-0.2, 0) is 0 Å². The summed E-state index contributed by atoms with van der Waals surface area (Å²) in [5, 5.41) is 18.5. The second kappa shape index (κ2) is 5.12. The Labute approximate surface area is 118 Å². The lowest BCUT2D eigenvalue weighted by molar-refractivity contribution is -0.385. The highest BCUT2D eigenvalue weighted by Gasteiger charge is 2.20. The third-order valence-corrected chi connectivity index (χ3v) is 2.93. The molecule has 0 unspecified atom stereocenters. The minimum absolute atomic E-state index is 0.0873. The number of hydrogen-bond acceptors (Lipinski definition) is 7. The molecule has 3 aromatic heterocycles. The van der Waals surface area contributed by atoms with Gasteiger partial charge in [0.2, 0.25) is 5.82 Å². The van der Waals surface area contributed by atoms with Crippen molar-refractivity contribution in [2.75, 3.05) is 0 Å². The van der Waals surface area contributed by atoms with Crippen LogP contribution in [0.2, 0.25) is 0 Å². The van der Waals surface area contributed by atoms with Crippen molar-refractivity contribution >= 4 is 5.69 Å². The van der Waals surface area contributed by atoms with Gasteiger partial charge in [0.05, 0.1) is 4.92 Å². The molecular formula is C12H10N6O3. The van der Waals surface area contributed by atoms with Crippen LogP contribution in [0.15, 0.2) is 41.4 Å². The van der Waals surface area contributed by atoms with Crippen molar-refractivity contribution in [3.05, 3.63) is 52.9 Å². The van der Waals surface area contributed by atoms with E-state index in [1.807, 2.05) is 0 Å². The average molecular weight is 286 g/mol. The minimum atomic E-state index is -0.508. The van der Waals surface area contributed by atoms with Gasteiger partial charge in [-0.15, -0.1) is 0 Å². The maximum Gasteiger partial charge on any atom is 0.307 e. The van der Waals surface area contributed by atoms with Crippen LogP contribution in [0, 0.1) is 10.1 Å². The van der Waals surface area contributed by atoms with E-state index in [4.69, 9.17) is 4.52 Å². The molecule has 0 aliphatic rings. The summed E-state index contributed by atoms with van der Waals surface area (Å²) in [6.07, 6.45) is 5.76. The standard InChI is InChI=1S/C12H10N6O3/c1-8(17-7-10(6-14-17)18(19)20)12-15-11(16-21-12)9-2-4-13-5-3-9/h2-8H,1H3/t8-/m1/s1. The third kappa shape index (κ3) is 2.48. The molecule has 9 heteroatoms. The molecule has 0 fully saturated rings. The van der Waals surface area contributed by atoms with Crippen LogP contribution in [-0.4, -0.2) is 29.8 Å². The number of aromatic nitrogens is 5. The first-order valence-electron chi connectivity index (χ1n) is 6.07. The van der Waals surface area contributed by atoms with Gasteiger partial charge in [-0.1, -0.05) is 5.16 Å². The first-order chi connectivity index (χ1) is 10.1. The Bertz CT molecular complexity index is 766. The lowest BCUT2D eigenvalue weighted by atomic mass is 10.2. The number of rotatable bonds is 4. The van der Waals surface area contributed by atoms with E-state index in [9.17, 15) is 10.1 Å². The Kier molecular flexibility index (Phi) is 3.14. The number of hydrogen-bond donors (Lipinski definition) is 0. The Hall–Kier alpha value is -3.10. The van der Waals surface area contributed by atoms with Crippen LogP contribution in [0.4, 0.5) is 5.69 Å². The second-order valence-electron chi connectivity index (χ2n) is 4.30. The normalized spacial score (nSPS) is 12.2. The van der Waals surface area contributed by atoms with Gasteiger partial charge in [0, 0.05) is 18.0 Å². The van der Waals surface area contributed by atoms with Crippen molar-refractivity contribution in [1.29, 1.82) is 0 Å². The zero-order valence-electron chi connectivity index (χ0n) is 10.9. The number of nitro groups is 1. The van der Waals surface area contributed by atoms with Crippen LogP contribution in [0.3, 0.4) is 0 Å². The van der Waals surface area contributed by atoms with Crippen LogP contribution < -0.4 is 0 Å². The van der Waals surface area contributed by atoms with E-state index in [2.05, 4.69) is 20.2 Å². The molecule has 3 rings (SSSR count). The van der Waals surface area contributed by atoms with E-state index in [-0.39, 0.29) is 5.69 Å². The summed E-state index contributed by atoms with van der Waals surface area (Å²) in [6, 6.07) is 3.12. The van der Waals surface area contributed by atoms with Crippen molar-refractivity contribution in [2.24, 2.45) is 0 Å². The largest absolute Gasteiger partial charge is 0.337 e. The number of pyridine rings is 1. The molecule has 1 atom stereocenters. The van der Waals surface area contributed by atoms with Gasteiger partial charge in [-0.05, 0) is 19.1 Å². The zero-order valence-corrected chi connectivity index (χ0v) is 10.9. The third-order valence-electron chi connectivity index (χ3n) is 2.93. The summed E-state index contributed by atoms with van der Waals surface area (Å²) in [7, 11) is 0. The molecule has 106 valence electrons. The first-order valence-corrected chi connectivity index (χ1v) is 6.07. The van der Waals surface area contributed by atoms with Gasteiger partial charge in [-0.2, -0.15) is 10.1 Å². The smallest absolute Gasteiger partial charge is 0.307 e. The zero-order chi connectivity index (χ0) is 14.8. The highest BCUT2D eigenvalue weighted by atomic mass is 16.6. The molecule has 9 nitrogen and oxygen atoms in total. The van der Waals surface area contributed by atoms with E-state index in [0.717, 1.165) is 5.56 Å². The van der Waals surface area contributed by atoms with E-state index < -0.39 is 11.0 Å². The molecule has 3 heterocycles. The molecule has 0 amide bonds. The Morgan fingerprint density at radius 3 is 2.81 bits per heavy atom. The van der Waals surface area contributed by atoms with Crippen LogP contribution >= 0.6 is 0 Å². The molecule has 0 bridgehead atoms. The summed E-state index contributed by atoms with van der Waals surface area (Å²) in [4.78, 5) is 18.3. The highest BCUT2D eigenvalue weighted by molar-refractivity contribution is 5.52. The fraction of sp³-hybridized carbons (Fsp3) is 0.167. The van der Waals surface area contributed by atoms with Gasteiger partial charge in [-0.3, -0.25) is 19.8 Å². The fourth-order valence-corrected chi connectivity index (χ4v) is 1.77. The van der Waals surface area contributed by atoms with Crippen molar-refractivity contribution in [3.63, 3.8) is 0 Å². The van der Waals surface area contributed by atoms with Gasteiger partial charge in [0.15, 0.2) is 0 Å². The lowest BCUT2D eigenvalue weighted by Crippen LogP contribution is -2.07. The molecule has 0 aliphatic heterocycles. The predicted molar refractivity (Wildman–Crippen MR) is 70.2 cm³/mol. The molecule has 21 heavy (non-hydrogen) atoms. The molecule has 0 saturated carbocycles. The molecule has 0 saturated heterocycles. The van der Waals surface area contributed by atoms with E-state index in [1.54, 1.807) is 31.5 Å². The summed E-state index contributed by atoms with van der Waals surface area (Å²) >= 11 is 0. The van der Waals surface area contributed by atoms with Crippen molar-refractivity contribution in [1.82, 2.24) is 24.9 Å². The van der Waals surface area contributed by atoms with Crippen molar-refractivity contribution < 1.29 is 9.45 Å². The minimum Gasteiger partial charge on any atom is -0.337 e. The maximum absolute atomic E-state index is 10.7. The SMILES string of the molecule is C[C@H](c1nc(-c2ccncc2)no1)n1cc([N+](=O)[O-])cn1. The van der Waals surface area contributed by atoms with E-state index in [0.29, 0.717) is 11.7 Å². The second-order valence-corrected chi connectivity index (χ2v) is 4.30. The molecule has 0 aliphatic carbocycles. The molecule has 0 spiro atoms. The van der Waals surface area contributed by atoms with Crippen LogP contribution in [0.1, 0.15) is 18.9 Å². The topological polar surface area (TPSA) is 113 Å². The highest BCUT2D eigenvalue weighted by Crippen LogP contribution is 2.21. The Morgan fingerprint density at radius 2 is 2.14 bits per heavy atom. The lowest BCUT2D eigenvalue weighted by Gasteiger charge is -2.04. The average Bonchev–Trinajstić information content (AvgIpc) is 3.17. The summed E-state index contributed by atoms with van der Waals surface area (Å²) in [5.41, 5.74) is 0.689. The monoisotopic (exact) mass is 286 g/mol. The van der Waals surface area contributed by atoms with Gasteiger partial charge in [-0.25, -0.2) is 0 Å². The van der Waals surface area contributed by atoms with E-state index in [1.165, 1.54) is 17.1 Å². The first kappa shape index (κ1) is 12.9. The molecule has 0 N–H and O–H groups in total. The molecule has 0 radical (unpaired) electrons. The molecule has 3 aromatic rings. The summed E-state index contributed by atoms with van der Waals surface area (Å²) < 4.78 is 6.60. The molecular weight excluding hydrogens is 276 g/mol.